The van der Waals surface area contributed by atoms with Gasteiger partial charge >= 0.3 is 12.5 Å². The van der Waals surface area contributed by atoms with E-state index in [1.807, 2.05) is 0 Å². The molecule has 0 atom stereocenters. The van der Waals surface area contributed by atoms with Gasteiger partial charge in [-0.3, -0.25) is 4.40 Å². The van der Waals surface area contributed by atoms with Crippen LogP contribution < -0.4 is 4.74 Å². The molecule has 13 heteroatoms. The molecule has 0 radical (unpaired) electrons. The molecule has 0 aliphatic rings. The van der Waals surface area contributed by atoms with E-state index in [0.29, 0.717) is 0 Å². The van der Waals surface area contributed by atoms with Gasteiger partial charge in [-0.05, 0) is 35.4 Å². The minimum Gasteiger partial charge on any atom is -0.423 e. The van der Waals surface area contributed by atoms with Crippen LogP contribution in [-0.4, -0.2) is 31.2 Å². The Morgan fingerprint density at radius 3 is 2.31 bits per heavy atom. The van der Waals surface area contributed by atoms with Crippen LogP contribution in [0.2, 0.25) is 0 Å². The van der Waals surface area contributed by atoms with Crippen LogP contribution in [0.1, 0.15) is 5.82 Å². The summed E-state index contributed by atoms with van der Waals surface area (Å²) < 4.78 is 86.9. The average Bonchev–Trinajstić information content (AvgIpc) is 3.29. The number of aromatic nitrogens is 5. The molecular formula is C16H7F6N5O2. The summed E-state index contributed by atoms with van der Waals surface area (Å²) in [7, 11) is 0. The zero-order valence-corrected chi connectivity index (χ0v) is 13.9. The van der Waals surface area contributed by atoms with Gasteiger partial charge in [-0.15, -0.1) is 33.6 Å². The van der Waals surface area contributed by atoms with E-state index in [2.05, 4.69) is 25.1 Å². The first kappa shape index (κ1) is 18.7. The molecule has 0 aliphatic carbocycles. The molecule has 3 aromatic heterocycles. The lowest BCUT2D eigenvalue weighted by atomic mass is 10.0. The zero-order chi connectivity index (χ0) is 20.8. The van der Waals surface area contributed by atoms with Crippen LogP contribution in [0.25, 0.3) is 28.2 Å². The number of fused-ring (bicyclic) bond motifs is 1. The molecule has 0 unspecified atom stereocenters. The Hall–Kier alpha value is -3.64. The molecule has 0 saturated carbocycles. The van der Waals surface area contributed by atoms with E-state index in [9.17, 15) is 26.3 Å². The lowest BCUT2D eigenvalue weighted by molar-refractivity contribution is -0.274. The molecule has 1 aromatic carbocycles. The van der Waals surface area contributed by atoms with Crippen LogP contribution in [0.15, 0.2) is 47.3 Å². The maximum atomic E-state index is 13.1. The minimum atomic E-state index is -4.97. The molecule has 3 heterocycles. The molecule has 4 rings (SSSR count). The molecule has 0 bridgehead atoms. The first-order chi connectivity index (χ1) is 13.6. The minimum absolute atomic E-state index is 0.0461. The molecule has 4 aromatic rings. The summed E-state index contributed by atoms with van der Waals surface area (Å²) in [5, 5.41) is 13.5. The number of nitrogens with zero attached hydrogens (tertiary/aromatic N) is 5. The van der Waals surface area contributed by atoms with Crippen LogP contribution in [-0.2, 0) is 6.18 Å². The van der Waals surface area contributed by atoms with Crippen LogP contribution in [0.3, 0.4) is 0 Å². The Labute approximate surface area is 156 Å². The summed E-state index contributed by atoms with van der Waals surface area (Å²) in [6.07, 6.45) is -7.68. The molecule has 7 nitrogen and oxygen atoms in total. The van der Waals surface area contributed by atoms with Gasteiger partial charge in [-0.1, -0.05) is 6.07 Å². The number of halogens is 6. The first-order valence-corrected chi connectivity index (χ1v) is 7.70. The van der Waals surface area contributed by atoms with Crippen molar-refractivity contribution in [3.05, 3.63) is 48.7 Å². The number of hydrogen-bond acceptors (Lipinski definition) is 6. The fraction of sp³-hybridized carbons (Fsp3) is 0.125. The maximum absolute atomic E-state index is 13.1. The van der Waals surface area contributed by atoms with Gasteiger partial charge in [-0.2, -0.15) is 13.2 Å². The van der Waals surface area contributed by atoms with Crippen molar-refractivity contribution in [1.29, 1.82) is 0 Å². The smallest absolute Gasteiger partial charge is 0.423 e. The van der Waals surface area contributed by atoms with Gasteiger partial charge in [-0.25, -0.2) is 0 Å². The van der Waals surface area contributed by atoms with Crippen LogP contribution in [0.5, 0.6) is 5.75 Å². The van der Waals surface area contributed by atoms with E-state index in [0.717, 1.165) is 23.1 Å². The van der Waals surface area contributed by atoms with Crippen LogP contribution >= 0.6 is 0 Å². The third-order valence-electron chi connectivity index (χ3n) is 3.78. The number of hydrogen-bond donors (Lipinski definition) is 0. The second-order valence-corrected chi connectivity index (χ2v) is 5.67. The summed E-state index contributed by atoms with van der Waals surface area (Å²) in [6, 6.07) is 6.22. The second kappa shape index (κ2) is 6.46. The van der Waals surface area contributed by atoms with E-state index in [1.54, 1.807) is 0 Å². The predicted octanol–water partition coefficient (Wildman–Crippen LogP) is 4.36. The van der Waals surface area contributed by atoms with Gasteiger partial charge in [0.15, 0.2) is 5.65 Å². The largest absolute Gasteiger partial charge is 0.573 e. The molecule has 0 spiro atoms. The second-order valence-electron chi connectivity index (χ2n) is 5.67. The number of rotatable bonds is 3. The van der Waals surface area contributed by atoms with Crippen molar-refractivity contribution < 1.29 is 35.5 Å². The highest BCUT2D eigenvalue weighted by molar-refractivity contribution is 5.74. The SMILES string of the molecule is FC(F)(F)Oc1ccc(-c2ccc3nnc(C(F)(F)F)n3c2)cc1-c1nnco1. The summed E-state index contributed by atoms with van der Waals surface area (Å²) in [6.45, 7) is 0. The highest BCUT2D eigenvalue weighted by atomic mass is 19.4. The maximum Gasteiger partial charge on any atom is 0.573 e. The zero-order valence-electron chi connectivity index (χ0n) is 13.9. The Morgan fingerprint density at radius 1 is 0.897 bits per heavy atom. The molecule has 0 saturated heterocycles. The van der Waals surface area contributed by atoms with Crippen LogP contribution in [0, 0.1) is 0 Å². The molecular weight excluding hydrogens is 408 g/mol. The van der Waals surface area contributed by atoms with Crippen molar-refractivity contribution in [2.45, 2.75) is 12.5 Å². The van der Waals surface area contributed by atoms with Gasteiger partial charge in [0.2, 0.25) is 12.2 Å². The van der Waals surface area contributed by atoms with E-state index in [1.165, 1.54) is 24.3 Å². The third kappa shape index (κ3) is 3.70. The highest BCUT2D eigenvalue weighted by Gasteiger charge is 2.37. The molecule has 0 fully saturated rings. The van der Waals surface area contributed by atoms with Crippen LogP contribution in [0.4, 0.5) is 26.3 Å². The van der Waals surface area contributed by atoms with Crippen molar-refractivity contribution >= 4 is 5.65 Å². The van der Waals surface area contributed by atoms with Crippen molar-refractivity contribution in [2.75, 3.05) is 0 Å². The van der Waals surface area contributed by atoms with E-state index in [-0.39, 0.29) is 28.2 Å². The number of benzene rings is 1. The normalized spacial score (nSPS) is 12.5. The Morgan fingerprint density at radius 2 is 1.66 bits per heavy atom. The number of pyridine rings is 1. The Bertz CT molecular complexity index is 1170. The topological polar surface area (TPSA) is 78.3 Å². The van der Waals surface area contributed by atoms with Crippen molar-refractivity contribution in [3.63, 3.8) is 0 Å². The summed E-state index contributed by atoms with van der Waals surface area (Å²) in [5.41, 5.74) is 0.297. The molecule has 150 valence electrons. The predicted molar refractivity (Wildman–Crippen MR) is 83.4 cm³/mol. The standard InChI is InChI=1S/C16H7F6N5O2/c17-15(18,19)14-26-24-12-4-2-9(6-27(12)14)8-1-3-11(29-16(20,21)22)10(5-8)13-25-23-7-28-13/h1-7H. The van der Waals surface area contributed by atoms with Crippen molar-refractivity contribution in [2.24, 2.45) is 0 Å². The molecule has 0 amide bonds. The van der Waals surface area contributed by atoms with Gasteiger partial charge in [0.05, 0.1) is 5.56 Å². The Balaban J connectivity index is 1.84. The van der Waals surface area contributed by atoms with Gasteiger partial charge in [0, 0.05) is 6.20 Å². The summed E-state index contributed by atoms with van der Waals surface area (Å²) in [4.78, 5) is 0. The number of alkyl halides is 6. The van der Waals surface area contributed by atoms with Gasteiger partial charge < -0.3 is 9.15 Å². The van der Waals surface area contributed by atoms with Crippen molar-refractivity contribution in [3.8, 4) is 28.3 Å². The Kier molecular flexibility index (Phi) is 4.17. The lowest BCUT2D eigenvalue weighted by Gasteiger charge is -2.13. The number of ether oxygens (including phenoxy) is 1. The summed E-state index contributed by atoms with van der Waals surface area (Å²) >= 11 is 0. The van der Waals surface area contributed by atoms with E-state index >= 15 is 0 Å². The fourth-order valence-corrected chi connectivity index (χ4v) is 2.64. The summed E-state index contributed by atoms with van der Waals surface area (Å²) in [5.74, 6) is -2.09. The third-order valence-corrected chi connectivity index (χ3v) is 3.78. The fourth-order valence-electron chi connectivity index (χ4n) is 2.64. The monoisotopic (exact) mass is 415 g/mol. The highest BCUT2D eigenvalue weighted by Crippen LogP contribution is 2.37. The van der Waals surface area contributed by atoms with Crippen molar-refractivity contribution in [1.82, 2.24) is 24.8 Å². The first-order valence-electron chi connectivity index (χ1n) is 7.70. The van der Waals surface area contributed by atoms with E-state index < -0.39 is 24.1 Å². The van der Waals surface area contributed by atoms with Gasteiger partial charge in [0.1, 0.15) is 5.75 Å². The molecule has 0 N–H and O–H groups in total. The molecule has 0 aliphatic heterocycles. The lowest BCUT2D eigenvalue weighted by Crippen LogP contribution is -2.17. The average molecular weight is 415 g/mol. The van der Waals surface area contributed by atoms with E-state index in [4.69, 9.17) is 4.42 Å². The van der Waals surface area contributed by atoms with Gasteiger partial charge in [0.25, 0.3) is 5.89 Å². The molecule has 29 heavy (non-hydrogen) atoms. The quantitative estimate of drug-likeness (QED) is 0.463.